The summed E-state index contributed by atoms with van der Waals surface area (Å²) in [6, 6.07) is 15.7. The average Bonchev–Trinajstić information content (AvgIpc) is 2.55. The largest absolute Gasteiger partial charge is 0.483 e. The molecule has 0 aliphatic rings. The smallest absolute Gasteiger partial charge is 0.277 e. The van der Waals surface area contributed by atoms with Crippen molar-refractivity contribution in [2.45, 2.75) is 27.2 Å². The third-order valence-corrected chi connectivity index (χ3v) is 3.45. The number of hydrazone groups is 1. The van der Waals surface area contributed by atoms with Gasteiger partial charge in [-0.25, -0.2) is 5.43 Å². The molecule has 2 aromatic carbocycles. The van der Waals surface area contributed by atoms with E-state index in [-0.39, 0.29) is 12.5 Å². The first-order chi connectivity index (χ1) is 11.1. The normalized spacial score (nSPS) is 11.2. The molecule has 2 aromatic rings. The minimum absolute atomic E-state index is 0.0564. The number of carbonyl (C=O) groups is 1. The first-order valence-corrected chi connectivity index (χ1v) is 7.71. The van der Waals surface area contributed by atoms with Gasteiger partial charge in [-0.15, -0.1) is 0 Å². The molecule has 0 radical (unpaired) electrons. The van der Waals surface area contributed by atoms with Crippen LogP contribution in [0, 0.1) is 13.8 Å². The lowest BCUT2D eigenvalue weighted by Crippen LogP contribution is -2.26. The van der Waals surface area contributed by atoms with Crippen molar-refractivity contribution in [2.75, 3.05) is 6.61 Å². The maximum absolute atomic E-state index is 11.9. The van der Waals surface area contributed by atoms with E-state index in [2.05, 4.69) is 10.5 Å². The quantitative estimate of drug-likeness (QED) is 0.654. The number of aryl methyl sites for hydroxylation is 2. The summed E-state index contributed by atoms with van der Waals surface area (Å²) in [6.45, 7) is 5.93. The molecule has 0 aromatic heterocycles. The lowest BCUT2D eigenvalue weighted by Gasteiger charge is -2.09. The second-order valence-corrected chi connectivity index (χ2v) is 5.37. The lowest BCUT2D eigenvalue weighted by atomic mass is 10.1. The Morgan fingerprint density at radius 3 is 2.52 bits per heavy atom. The van der Waals surface area contributed by atoms with Crippen molar-refractivity contribution in [3.8, 4) is 5.75 Å². The fourth-order valence-corrected chi connectivity index (χ4v) is 2.24. The van der Waals surface area contributed by atoms with Crippen molar-refractivity contribution in [3.63, 3.8) is 0 Å². The standard InChI is InChI=1S/C19H22N2O2/c1-4-17(16-8-6-5-7-9-16)20-21-19(22)13-23-18-11-10-14(2)12-15(18)3/h5-12H,4,13H2,1-3H3,(H,21,22). The molecule has 0 saturated carbocycles. The van der Waals surface area contributed by atoms with Gasteiger partial charge in [-0.1, -0.05) is 55.0 Å². The summed E-state index contributed by atoms with van der Waals surface area (Å²) in [5, 5.41) is 4.20. The fraction of sp³-hybridized carbons (Fsp3) is 0.263. The van der Waals surface area contributed by atoms with Crippen molar-refractivity contribution in [3.05, 3.63) is 65.2 Å². The van der Waals surface area contributed by atoms with Crippen molar-refractivity contribution in [2.24, 2.45) is 5.10 Å². The molecule has 0 aliphatic carbocycles. The van der Waals surface area contributed by atoms with Gasteiger partial charge in [0.25, 0.3) is 5.91 Å². The Morgan fingerprint density at radius 2 is 1.87 bits per heavy atom. The van der Waals surface area contributed by atoms with E-state index in [4.69, 9.17) is 4.74 Å². The molecule has 23 heavy (non-hydrogen) atoms. The molecule has 120 valence electrons. The highest BCUT2D eigenvalue weighted by atomic mass is 16.5. The Bertz CT molecular complexity index is 694. The number of nitrogens with one attached hydrogen (secondary N) is 1. The lowest BCUT2D eigenvalue weighted by molar-refractivity contribution is -0.123. The van der Waals surface area contributed by atoms with Gasteiger partial charge in [-0.2, -0.15) is 5.10 Å². The second-order valence-electron chi connectivity index (χ2n) is 5.37. The number of hydrogen-bond acceptors (Lipinski definition) is 3. The molecule has 1 N–H and O–H groups in total. The van der Waals surface area contributed by atoms with Crippen molar-refractivity contribution in [1.82, 2.24) is 5.43 Å². The molecule has 0 atom stereocenters. The number of amides is 1. The molecule has 4 heteroatoms. The predicted molar refractivity (Wildman–Crippen MR) is 92.8 cm³/mol. The van der Waals surface area contributed by atoms with E-state index < -0.39 is 0 Å². The van der Waals surface area contributed by atoms with Crippen LogP contribution in [0.25, 0.3) is 0 Å². The fourth-order valence-electron chi connectivity index (χ4n) is 2.24. The van der Waals surface area contributed by atoms with Gasteiger partial charge in [0, 0.05) is 0 Å². The molecule has 1 amide bonds. The highest BCUT2D eigenvalue weighted by Crippen LogP contribution is 2.18. The van der Waals surface area contributed by atoms with Gasteiger partial charge in [-0.3, -0.25) is 4.79 Å². The van der Waals surface area contributed by atoms with Gasteiger partial charge in [-0.05, 0) is 37.5 Å². The summed E-state index contributed by atoms with van der Waals surface area (Å²) in [7, 11) is 0. The summed E-state index contributed by atoms with van der Waals surface area (Å²) in [5.74, 6) is 0.445. The van der Waals surface area contributed by atoms with Crippen LogP contribution in [0.2, 0.25) is 0 Å². The van der Waals surface area contributed by atoms with Crippen LogP contribution in [0.15, 0.2) is 53.6 Å². The summed E-state index contributed by atoms with van der Waals surface area (Å²) in [5.41, 5.74) is 6.58. The van der Waals surface area contributed by atoms with Crippen LogP contribution in [0.4, 0.5) is 0 Å². The Morgan fingerprint density at radius 1 is 1.13 bits per heavy atom. The number of carbonyl (C=O) groups excluding carboxylic acids is 1. The number of hydrogen-bond donors (Lipinski definition) is 1. The van der Waals surface area contributed by atoms with Gasteiger partial charge in [0.1, 0.15) is 5.75 Å². The van der Waals surface area contributed by atoms with Crippen LogP contribution < -0.4 is 10.2 Å². The van der Waals surface area contributed by atoms with Crippen LogP contribution >= 0.6 is 0 Å². The van der Waals surface area contributed by atoms with Crippen molar-refractivity contribution in [1.29, 1.82) is 0 Å². The number of rotatable bonds is 6. The van der Waals surface area contributed by atoms with E-state index in [1.807, 2.05) is 69.3 Å². The molecule has 0 saturated heterocycles. The van der Waals surface area contributed by atoms with E-state index in [1.165, 1.54) is 5.56 Å². The topological polar surface area (TPSA) is 50.7 Å². The molecule has 0 bridgehead atoms. The van der Waals surface area contributed by atoms with Gasteiger partial charge >= 0.3 is 0 Å². The molecule has 0 fully saturated rings. The SMILES string of the molecule is CCC(=NNC(=O)COc1ccc(C)cc1C)c1ccccc1. The molecular weight excluding hydrogens is 288 g/mol. The summed E-state index contributed by atoms with van der Waals surface area (Å²) < 4.78 is 5.54. The zero-order chi connectivity index (χ0) is 16.7. The molecule has 0 aliphatic heterocycles. The minimum Gasteiger partial charge on any atom is -0.483 e. The van der Waals surface area contributed by atoms with Crippen LogP contribution in [0.1, 0.15) is 30.0 Å². The first-order valence-electron chi connectivity index (χ1n) is 7.71. The Labute approximate surface area is 137 Å². The van der Waals surface area contributed by atoms with E-state index in [9.17, 15) is 4.79 Å². The highest BCUT2D eigenvalue weighted by molar-refractivity contribution is 6.00. The molecule has 0 heterocycles. The maximum Gasteiger partial charge on any atom is 0.277 e. The third-order valence-electron chi connectivity index (χ3n) is 3.45. The third kappa shape index (κ3) is 4.95. The zero-order valence-electron chi connectivity index (χ0n) is 13.8. The molecule has 4 nitrogen and oxygen atoms in total. The van der Waals surface area contributed by atoms with Crippen LogP contribution in [0.5, 0.6) is 5.75 Å². The number of nitrogens with zero attached hydrogens (tertiary/aromatic N) is 1. The maximum atomic E-state index is 11.9. The predicted octanol–water partition coefficient (Wildman–Crippen LogP) is 3.61. The van der Waals surface area contributed by atoms with Crippen molar-refractivity contribution >= 4 is 11.6 Å². The van der Waals surface area contributed by atoms with E-state index in [0.29, 0.717) is 5.75 Å². The van der Waals surface area contributed by atoms with Crippen LogP contribution in [0.3, 0.4) is 0 Å². The van der Waals surface area contributed by atoms with E-state index in [1.54, 1.807) is 0 Å². The number of ether oxygens (including phenoxy) is 1. The monoisotopic (exact) mass is 310 g/mol. The average molecular weight is 310 g/mol. The second kappa shape index (κ2) is 8.13. The zero-order valence-corrected chi connectivity index (χ0v) is 13.8. The van der Waals surface area contributed by atoms with Gasteiger partial charge in [0.2, 0.25) is 0 Å². The molecule has 0 unspecified atom stereocenters. The van der Waals surface area contributed by atoms with Crippen molar-refractivity contribution < 1.29 is 9.53 Å². The Kier molecular flexibility index (Phi) is 5.92. The van der Waals surface area contributed by atoms with Crippen LogP contribution in [-0.2, 0) is 4.79 Å². The van der Waals surface area contributed by atoms with E-state index in [0.717, 1.165) is 23.3 Å². The summed E-state index contributed by atoms with van der Waals surface area (Å²) >= 11 is 0. The Balaban J connectivity index is 1.92. The Hall–Kier alpha value is -2.62. The van der Waals surface area contributed by atoms with Crippen LogP contribution in [-0.4, -0.2) is 18.2 Å². The van der Waals surface area contributed by atoms with Gasteiger partial charge < -0.3 is 4.74 Å². The molecular formula is C19H22N2O2. The highest BCUT2D eigenvalue weighted by Gasteiger charge is 2.06. The summed E-state index contributed by atoms with van der Waals surface area (Å²) in [6.07, 6.45) is 0.738. The van der Waals surface area contributed by atoms with Gasteiger partial charge in [0.15, 0.2) is 6.61 Å². The van der Waals surface area contributed by atoms with Gasteiger partial charge in [0.05, 0.1) is 5.71 Å². The number of benzene rings is 2. The molecule has 2 rings (SSSR count). The first kappa shape index (κ1) is 16.7. The summed E-state index contributed by atoms with van der Waals surface area (Å²) in [4.78, 5) is 11.9. The minimum atomic E-state index is -0.271. The molecule has 0 spiro atoms. The van der Waals surface area contributed by atoms with E-state index >= 15 is 0 Å².